The normalized spacial score (nSPS) is 18.5. The first-order chi connectivity index (χ1) is 15.5. The molecule has 182 valence electrons. The molecule has 0 saturated carbocycles. The molecule has 4 unspecified atom stereocenters. The molecule has 1 aromatic rings. The van der Waals surface area contributed by atoms with Crippen molar-refractivity contribution >= 4 is 23.7 Å². The van der Waals surface area contributed by atoms with E-state index < -0.39 is 42.0 Å². The summed E-state index contributed by atoms with van der Waals surface area (Å²) in [4.78, 5) is 51.5. The molecule has 0 bridgehead atoms. The van der Waals surface area contributed by atoms with E-state index in [2.05, 4.69) is 10.6 Å². The van der Waals surface area contributed by atoms with Crippen LogP contribution in [-0.2, 0) is 25.6 Å². The molecular weight excluding hydrogens is 428 g/mol. The van der Waals surface area contributed by atoms with E-state index in [1.54, 1.807) is 19.1 Å². The van der Waals surface area contributed by atoms with Crippen LogP contribution in [0.4, 0.5) is 0 Å². The first-order valence-corrected chi connectivity index (χ1v) is 11.2. The SMILES string of the molecule is CC(C)CC(NC(=O)C(Cc1ccc(O)cc1)NC(=O)C1CCCN1C(=O)C(C)N)C(=O)O. The third-order valence-corrected chi connectivity index (χ3v) is 5.56. The number of carboxylic acids is 1. The van der Waals surface area contributed by atoms with Crippen molar-refractivity contribution in [1.29, 1.82) is 0 Å². The van der Waals surface area contributed by atoms with Crippen molar-refractivity contribution in [3.05, 3.63) is 29.8 Å². The van der Waals surface area contributed by atoms with Crippen LogP contribution in [0.25, 0.3) is 0 Å². The maximum absolute atomic E-state index is 13.1. The smallest absolute Gasteiger partial charge is 0.326 e. The molecule has 2 rings (SSSR count). The van der Waals surface area contributed by atoms with E-state index in [0.29, 0.717) is 24.9 Å². The lowest BCUT2D eigenvalue weighted by Gasteiger charge is -2.28. The first-order valence-electron chi connectivity index (χ1n) is 11.2. The molecule has 1 aromatic carbocycles. The number of amides is 3. The second-order valence-electron chi connectivity index (χ2n) is 8.94. The number of nitrogens with one attached hydrogen (secondary N) is 2. The zero-order valence-electron chi connectivity index (χ0n) is 19.3. The number of phenols is 1. The topological polar surface area (TPSA) is 162 Å². The Hall–Kier alpha value is -3.14. The molecule has 10 heteroatoms. The quantitative estimate of drug-likeness (QED) is 0.335. The highest BCUT2D eigenvalue weighted by molar-refractivity contribution is 5.94. The Labute approximate surface area is 193 Å². The van der Waals surface area contributed by atoms with Gasteiger partial charge in [-0.15, -0.1) is 0 Å². The monoisotopic (exact) mass is 462 g/mol. The van der Waals surface area contributed by atoms with Gasteiger partial charge in [0.2, 0.25) is 17.7 Å². The average molecular weight is 463 g/mol. The van der Waals surface area contributed by atoms with Gasteiger partial charge in [0.15, 0.2) is 0 Å². The number of likely N-dealkylation sites (tertiary alicyclic amines) is 1. The van der Waals surface area contributed by atoms with Crippen LogP contribution in [0.3, 0.4) is 0 Å². The summed E-state index contributed by atoms with van der Waals surface area (Å²) in [5.41, 5.74) is 6.37. The van der Waals surface area contributed by atoms with Gasteiger partial charge >= 0.3 is 5.97 Å². The summed E-state index contributed by atoms with van der Waals surface area (Å²) < 4.78 is 0. The Bertz CT molecular complexity index is 855. The molecule has 4 atom stereocenters. The molecule has 3 amide bonds. The van der Waals surface area contributed by atoms with E-state index in [9.17, 15) is 29.4 Å². The standard InChI is InChI=1S/C23H34N4O6/c1-13(2)11-18(23(32)33)26-20(29)17(12-15-6-8-16(28)9-7-15)25-21(30)19-5-4-10-27(19)22(31)14(3)24/h6-9,13-14,17-19,28H,4-5,10-12,24H2,1-3H3,(H,25,30)(H,26,29)(H,32,33). The number of nitrogens with two attached hydrogens (primary N) is 1. The highest BCUT2D eigenvalue weighted by Crippen LogP contribution is 2.19. The predicted octanol–water partition coefficient (Wildman–Crippen LogP) is 0.373. The van der Waals surface area contributed by atoms with Crippen LogP contribution in [0, 0.1) is 5.92 Å². The van der Waals surface area contributed by atoms with E-state index in [4.69, 9.17) is 5.73 Å². The molecule has 0 radical (unpaired) electrons. The predicted molar refractivity (Wildman–Crippen MR) is 121 cm³/mol. The Morgan fingerprint density at radius 1 is 1.09 bits per heavy atom. The minimum Gasteiger partial charge on any atom is -0.508 e. The van der Waals surface area contributed by atoms with Gasteiger partial charge in [-0.2, -0.15) is 0 Å². The van der Waals surface area contributed by atoms with Crippen LogP contribution in [0.2, 0.25) is 0 Å². The number of nitrogens with zero attached hydrogens (tertiary/aromatic N) is 1. The minimum atomic E-state index is -1.16. The number of hydrogen-bond acceptors (Lipinski definition) is 6. The molecule has 33 heavy (non-hydrogen) atoms. The largest absolute Gasteiger partial charge is 0.508 e. The number of aliphatic carboxylic acids is 1. The summed E-state index contributed by atoms with van der Waals surface area (Å²) in [6, 6.07) is 2.50. The Morgan fingerprint density at radius 2 is 1.73 bits per heavy atom. The summed E-state index contributed by atoms with van der Waals surface area (Å²) >= 11 is 0. The first kappa shape index (κ1) is 26.1. The van der Waals surface area contributed by atoms with Gasteiger partial charge in [-0.25, -0.2) is 4.79 Å². The summed E-state index contributed by atoms with van der Waals surface area (Å²) in [5, 5.41) is 24.2. The van der Waals surface area contributed by atoms with Gasteiger partial charge in [0.1, 0.15) is 23.9 Å². The molecule has 1 heterocycles. The average Bonchev–Trinajstić information content (AvgIpc) is 3.23. The summed E-state index contributed by atoms with van der Waals surface area (Å²) in [6.07, 6.45) is 1.41. The lowest BCUT2D eigenvalue weighted by Crippen LogP contribution is -2.57. The number of hydrogen-bond donors (Lipinski definition) is 5. The summed E-state index contributed by atoms with van der Waals surface area (Å²) in [7, 11) is 0. The van der Waals surface area contributed by atoms with E-state index in [0.717, 1.165) is 0 Å². The van der Waals surface area contributed by atoms with Gasteiger partial charge in [0, 0.05) is 13.0 Å². The van der Waals surface area contributed by atoms with Gasteiger partial charge in [0.25, 0.3) is 0 Å². The number of carbonyl (C=O) groups excluding carboxylic acids is 3. The van der Waals surface area contributed by atoms with E-state index in [-0.39, 0.29) is 30.4 Å². The zero-order valence-corrected chi connectivity index (χ0v) is 19.3. The molecule has 1 fully saturated rings. The number of benzene rings is 1. The third kappa shape index (κ3) is 7.45. The molecule has 1 saturated heterocycles. The summed E-state index contributed by atoms with van der Waals surface area (Å²) in [6.45, 7) is 5.66. The molecule has 10 nitrogen and oxygen atoms in total. The fourth-order valence-electron chi connectivity index (χ4n) is 3.87. The van der Waals surface area contributed by atoms with Crippen molar-refractivity contribution < 1.29 is 29.4 Å². The van der Waals surface area contributed by atoms with Gasteiger partial charge in [-0.05, 0) is 49.8 Å². The van der Waals surface area contributed by atoms with Crippen molar-refractivity contribution in [3.63, 3.8) is 0 Å². The van der Waals surface area contributed by atoms with Crippen LogP contribution in [0.15, 0.2) is 24.3 Å². The van der Waals surface area contributed by atoms with Crippen molar-refractivity contribution in [2.75, 3.05) is 6.54 Å². The van der Waals surface area contributed by atoms with Crippen molar-refractivity contribution in [2.24, 2.45) is 11.7 Å². The zero-order chi connectivity index (χ0) is 24.7. The fourth-order valence-corrected chi connectivity index (χ4v) is 3.87. The Balaban J connectivity index is 2.21. The Kier molecular flexibility index (Phi) is 9.22. The molecule has 0 spiro atoms. The van der Waals surface area contributed by atoms with E-state index >= 15 is 0 Å². The highest BCUT2D eigenvalue weighted by Gasteiger charge is 2.37. The number of phenolic OH excluding ortho intramolecular Hbond substituents is 1. The van der Waals surface area contributed by atoms with Crippen LogP contribution in [-0.4, -0.2) is 69.5 Å². The van der Waals surface area contributed by atoms with E-state index in [1.807, 2.05) is 13.8 Å². The van der Waals surface area contributed by atoms with Gasteiger partial charge in [-0.3, -0.25) is 14.4 Å². The second kappa shape index (κ2) is 11.6. The van der Waals surface area contributed by atoms with Gasteiger partial charge in [-0.1, -0.05) is 26.0 Å². The van der Waals surface area contributed by atoms with Crippen LogP contribution in [0.1, 0.15) is 45.6 Å². The minimum absolute atomic E-state index is 0.0350. The lowest BCUT2D eigenvalue weighted by atomic mass is 10.0. The lowest BCUT2D eigenvalue weighted by molar-refractivity contribution is -0.143. The van der Waals surface area contributed by atoms with Gasteiger partial charge in [0.05, 0.1) is 6.04 Å². The molecule has 0 aromatic heterocycles. The molecule has 0 aliphatic carbocycles. The Morgan fingerprint density at radius 3 is 2.27 bits per heavy atom. The molecule has 1 aliphatic rings. The van der Waals surface area contributed by atoms with Crippen molar-refractivity contribution in [1.82, 2.24) is 15.5 Å². The highest BCUT2D eigenvalue weighted by atomic mass is 16.4. The number of rotatable bonds is 10. The van der Waals surface area contributed by atoms with Crippen molar-refractivity contribution in [2.45, 2.75) is 70.6 Å². The van der Waals surface area contributed by atoms with Crippen LogP contribution < -0.4 is 16.4 Å². The number of carboxylic acid groups (broad SMARTS) is 1. The number of carbonyl (C=O) groups is 4. The maximum atomic E-state index is 13.1. The number of aromatic hydroxyl groups is 1. The van der Waals surface area contributed by atoms with Gasteiger partial charge < -0.3 is 31.5 Å². The van der Waals surface area contributed by atoms with E-state index in [1.165, 1.54) is 17.0 Å². The van der Waals surface area contributed by atoms with Crippen LogP contribution >= 0.6 is 0 Å². The maximum Gasteiger partial charge on any atom is 0.326 e. The second-order valence-corrected chi connectivity index (χ2v) is 8.94. The molecular formula is C23H34N4O6. The van der Waals surface area contributed by atoms with Crippen LogP contribution in [0.5, 0.6) is 5.75 Å². The third-order valence-electron chi connectivity index (χ3n) is 5.56. The molecule has 1 aliphatic heterocycles. The fraction of sp³-hybridized carbons (Fsp3) is 0.565. The van der Waals surface area contributed by atoms with Crippen molar-refractivity contribution in [3.8, 4) is 5.75 Å². The molecule has 6 N–H and O–H groups in total. The summed E-state index contributed by atoms with van der Waals surface area (Å²) in [5.74, 6) is -2.52.